The normalized spacial score (nSPS) is 22.7. The Kier molecular flexibility index (Phi) is 3.83. The van der Waals surface area contributed by atoms with E-state index in [-0.39, 0.29) is 6.04 Å². The summed E-state index contributed by atoms with van der Waals surface area (Å²) >= 11 is 0. The number of hydrogen-bond acceptors (Lipinski definition) is 3. The van der Waals surface area contributed by atoms with Gasteiger partial charge in [0.05, 0.1) is 0 Å². The SMILES string of the molecule is CCCn1ncnc1CC(N)C1CC1c1ccccc1. The molecule has 0 spiro atoms. The Balaban J connectivity index is 1.61. The first-order chi connectivity index (χ1) is 9.79. The molecule has 1 saturated carbocycles. The zero-order chi connectivity index (χ0) is 13.9. The Morgan fingerprint density at radius 3 is 2.90 bits per heavy atom. The molecule has 1 heterocycles. The molecule has 2 aromatic rings. The maximum Gasteiger partial charge on any atom is 0.138 e. The van der Waals surface area contributed by atoms with E-state index in [1.165, 1.54) is 12.0 Å². The second-order valence-corrected chi connectivity index (χ2v) is 5.68. The van der Waals surface area contributed by atoms with Gasteiger partial charge in [-0.15, -0.1) is 0 Å². The maximum atomic E-state index is 6.38. The lowest BCUT2D eigenvalue weighted by molar-refractivity contribution is 0.512. The van der Waals surface area contributed by atoms with Crippen molar-refractivity contribution < 1.29 is 0 Å². The van der Waals surface area contributed by atoms with Gasteiger partial charge in [-0.3, -0.25) is 4.68 Å². The number of hydrogen-bond donors (Lipinski definition) is 1. The predicted molar refractivity (Wildman–Crippen MR) is 79.3 cm³/mol. The van der Waals surface area contributed by atoms with Crippen LogP contribution in [-0.4, -0.2) is 20.8 Å². The van der Waals surface area contributed by atoms with E-state index in [0.717, 1.165) is 25.2 Å². The Morgan fingerprint density at radius 1 is 1.35 bits per heavy atom. The molecule has 4 heteroatoms. The fraction of sp³-hybridized carbons (Fsp3) is 0.500. The van der Waals surface area contributed by atoms with Crippen LogP contribution in [0.4, 0.5) is 0 Å². The van der Waals surface area contributed by atoms with Crippen LogP contribution in [-0.2, 0) is 13.0 Å². The van der Waals surface area contributed by atoms with Crippen LogP contribution in [0.25, 0.3) is 0 Å². The highest BCUT2D eigenvalue weighted by molar-refractivity contribution is 5.26. The van der Waals surface area contributed by atoms with Crippen LogP contribution in [0.3, 0.4) is 0 Å². The van der Waals surface area contributed by atoms with Crippen molar-refractivity contribution in [3.63, 3.8) is 0 Å². The fourth-order valence-electron chi connectivity index (χ4n) is 2.98. The molecule has 3 unspecified atom stereocenters. The third-order valence-corrected chi connectivity index (χ3v) is 4.17. The summed E-state index contributed by atoms with van der Waals surface area (Å²) in [7, 11) is 0. The summed E-state index contributed by atoms with van der Waals surface area (Å²) in [5.41, 5.74) is 7.80. The molecule has 1 aromatic heterocycles. The van der Waals surface area contributed by atoms with Crippen molar-refractivity contribution in [3.05, 3.63) is 48.0 Å². The predicted octanol–water partition coefficient (Wildman–Crippen LogP) is 2.36. The van der Waals surface area contributed by atoms with Crippen LogP contribution >= 0.6 is 0 Å². The number of benzene rings is 1. The van der Waals surface area contributed by atoms with E-state index in [1.807, 2.05) is 4.68 Å². The molecular weight excluding hydrogens is 248 g/mol. The van der Waals surface area contributed by atoms with Crippen molar-refractivity contribution in [1.29, 1.82) is 0 Å². The zero-order valence-corrected chi connectivity index (χ0v) is 11.9. The number of nitrogens with zero attached hydrogens (tertiary/aromatic N) is 3. The molecule has 20 heavy (non-hydrogen) atoms. The molecular formula is C16H22N4. The van der Waals surface area contributed by atoms with Crippen LogP contribution in [0.2, 0.25) is 0 Å². The van der Waals surface area contributed by atoms with E-state index in [4.69, 9.17) is 5.73 Å². The van der Waals surface area contributed by atoms with Crippen molar-refractivity contribution >= 4 is 0 Å². The number of nitrogens with two attached hydrogens (primary N) is 1. The molecule has 4 nitrogen and oxygen atoms in total. The van der Waals surface area contributed by atoms with E-state index >= 15 is 0 Å². The van der Waals surface area contributed by atoms with Gasteiger partial charge in [0.15, 0.2) is 0 Å². The molecule has 1 fully saturated rings. The van der Waals surface area contributed by atoms with Crippen LogP contribution in [0.15, 0.2) is 36.7 Å². The number of aromatic nitrogens is 3. The molecule has 1 aliphatic carbocycles. The summed E-state index contributed by atoms with van der Waals surface area (Å²) < 4.78 is 1.99. The zero-order valence-electron chi connectivity index (χ0n) is 11.9. The van der Waals surface area contributed by atoms with Crippen LogP contribution in [0.1, 0.15) is 37.1 Å². The second-order valence-electron chi connectivity index (χ2n) is 5.68. The minimum absolute atomic E-state index is 0.181. The summed E-state index contributed by atoms with van der Waals surface area (Å²) in [5, 5.41) is 4.27. The van der Waals surface area contributed by atoms with E-state index in [1.54, 1.807) is 6.33 Å². The average Bonchev–Trinajstić information content (AvgIpc) is 3.17. The summed E-state index contributed by atoms with van der Waals surface area (Å²) in [6.45, 7) is 3.08. The Morgan fingerprint density at radius 2 is 2.15 bits per heavy atom. The first-order valence-corrected chi connectivity index (χ1v) is 7.46. The Hall–Kier alpha value is -1.68. The van der Waals surface area contributed by atoms with Crippen molar-refractivity contribution in [2.75, 3.05) is 0 Å². The number of aryl methyl sites for hydroxylation is 1. The smallest absolute Gasteiger partial charge is 0.138 e. The van der Waals surface area contributed by atoms with Gasteiger partial charge in [-0.2, -0.15) is 5.10 Å². The highest BCUT2D eigenvalue weighted by atomic mass is 15.3. The molecule has 3 rings (SSSR count). The molecule has 0 bridgehead atoms. The summed E-state index contributed by atoms with van der Waals surface area (Å²) in [6, 6.07) is 10.9. The van der Waals surface area contributed by atoms with Crippen molar-refractivity contribution in [1.82, 2.24) is 14.8 Å². The van der Waals surface area contributed by atoms with Gasteiger partial charge in [-0.05, 0) is 30.2 Å². The molecule has 3 atom stereocenters. The highest BCUT2D eigenvalue weighted by Crippen LogP contribution is 2.49. The van der Waals surface area contributed by atoms with Gasteiger partial charge in [0.25, 0.3) is 0 Å². The fourth-order valence-corrected chi connectivity index (χ4v) is 2.98. The average molecular weight is 270 g/mol. The third kappa shape index (κ3) is 2.75. The number of rotatable bonds is 6. The van der Waals surface area contributed by atoms with Gasteiger partial charge < -0.3 is 5.73 Å². The third-order valence-electron chi connectivity index (χ3n) is 4.17. The molecule has 0 saturated heterocycles. The first-order valence-electron chi connectivity index (χ1n) is 7.46. The van der Waals surface area contributed by atoms with E-state index in [9.17, 15) is 0 Å². The monoisotopic (exact) mass is 270 g/mol. The molecule has 1 aliphatic rings. The van der Waals surface area contributed by atoms with Crippen molar-refractivity contribution in [2.45, 2.75) is 44.7 Å². The summed E-state index contributed by atoms with van der Waals surface area (Å²) in [4.78, 5) is 4.35. The molecule has 0 aliphatic heterocycles. The topological polar surface area (TPSA) is 56.7 Å². The van der Waals surface area contributed by atoms with Gasteiger partial charge in [0, 0.05) is 19.0 Å². The molecule has 0 amide bonds. The quantitative estimate of drug-likeness (QED) is 0.876. The minimum atomic E-state index is 0.181. The standard InChI is InChI=1S/C16H22N4/c1-2-8-20-16(18-11-19-20)10-15(17)14-9-13(14)12-6-4-3-5-7-12/h3-7,11,13-15H,2,8-10,17H2,1H3. The molecule has 0 radical (unpaired) electrons. The van der Waals surface area contributed by atoms with Gasteiger partial charge in [0.1, 0.15) is 12.2 Å². The first kappa shape index (κ1) is 13.3. The van der Waals surface area contributed by atoms with Crippen LogP contribution in [0.5, 0.6) is 0 Å². The van der Waals surface area contributed by atoms with Crippen molar-refractivity contribution in [2.24, 2.45) is 11.7 Å². The lowest BCUT2D eigenvalue weighted by Gasteiger charge is -2.12. The van der Waals surface area contributed by atoms with Gasteiger partial charge in [0.2, 0.25) is 0 Å². The molecule has 2 N–H and O–H groups in total. The molecule has 1 aromatic carbocycles. The Bertz CT molecular complexity index is 549. The Labute approximate surface area is 120 Å². The highest BCUT2D eigenvalue weighted by Gasteiger charge is 2.42. The molecule has 106 valence electrons. The lowest BCUT2D eigenvalue weighted by atomic mass is 10.0. The second kappa shape index (κ2) is 5.75. The van der Waals surface area contributed by atoms with Gasteiger partial charge in [-0.25, -0.2) is 4.98 Å². The van der Waals surface area contributed by atoms with Gasteiger partial charge in [-0.1, -0.05) is 37.3 Å². The maximum absolute atomic E-state index is 6.38. The minimum Gasteiger partial charge on any atom is -0.327 e. The van der Waals surface area contributed by atoms with Crippen molar-refractivity contribution in [3.8, 4) is 0 Å². The van der Waals surface area contributed by atoms with E-state index in [0.29, 0.717) is 11.8 Å². The van der Waals surface area contributed by atoms with E-state index < -0.39 is 0 Å². The van der Waals surface area contributed by atoms with Gasteiger partial charge >= 0.3 is 0 Å². The summed E-state index contributed by atoms with van der Waals surface area (Å²) in [5.74, 6) is 2.25. The van der Waals surface area contributed by atoms with Crippen LogP contribution < -0.4 is 5.73 Å². The van der Waals surface area contributed by atoms with Crippen LogP contribution in [0, 0.1) is 5.92 Å². The largest absolute Gasteiger partial charge is 0.327 e. The summed E-state index contributed by atoms with van der Waals surface area (Å²) in [6.07, 6.45) is 4.74. The van der Waals surface area contributed by atoms with E-state index in [2.05, 4.69) is 47.3 Å². The lowest BCUT2D eigenvalue weighted by Crippen LogP contribution is -2.27.